The predicted molar refractivity (Wildman–Crippen MR) is 71.7 cm³/mol. The molecule has 0 radical (unpaired) electrons. The first-order valence-corrected chi connectivity index (χ1v) is 6.43. The highest BCUT2D eigenvalue weighted by Gasteiger charge is 2.14. The van der Waals surface area contributed by atoms with E-state index in [4.69, 9.17) is 15.2 Å². The van der Waals surface area contributed by atoms with Gasteiger partial charge in [0.2, 0.25) is 0 Å². The highest BCUT2D eigenvalue weighted by molar-refractivity contribution is 5.94. The van der Waals surface area contributed by atoms with Gasteiger partial charge >= 0.3 is 0 Å². The van der Waals surface area contributed by atoms with Crippen molar-refractivity contribution in [1.29, 1.82) is 0 Å². The van der Waals surface area contributed by atoms with E-state index >= 15 is 0 Å². The van der Waals surface area contributed by atoms with Crippen molar-refractivity contribution >= 4 is 5.91 Å². The Morgan fingerprint density at radius 3 is 3.05 bits per heavy atom. The van der Waals surface area contributed by atoms with Crippen LogP contribution in [0.5, 0.6) is 0 Å². The average molecular weight is 264 g/mol. The third kappa shape index (κ3) is 3.76. The third-order valence-corrected chi connectivity index (χ3v) is 3.17. The Hall–Kier alpha value is -1.43. The zero-order chi connectivity index (χ0) is 13.7. The molecule has 2 rings (SSSR count). The number of amides is 1. The maximum atomic E-state index is 12.0. The number of ether oxygens (including phenoxy) is 2. The Labute approximate surface area is 113 Å². The smallest absolute Gasteiger partial charge is 0.251 e. The van der Waals surface area contributed by atoms with Gasteiger partial charge in [0.1, 0.15) is 0 Å². The second-order valence-electron chi connectivity index (χ2n) is 4.74. The van der Waals surface area contributed by atoms with E-state index in [1.54, 1.807) is 7.11 Å². The Morgan fingerprint density at radius 2 is 2.26 bits per heavy atom. The number of nitrogens with two attached hydrogens (primary N) is 1. The molecule has 5 heteroatoms. The molecule has 1 unspecified atom stereocenters. The molecule has 0 saturated carbocycles. The van der Waals surface area contributed by atoms with Gasteiger partial charge < -0.3 is 20.5 Å². The minimum absolute atomic E-state index is 0.0429. The lowest BCUT2D eigenvalue weighted by molar-refractivity contribution is 0.0950. The van der Waals surface area contributed by atoms with Crippen molar-refractivity contribution < 1.29 is 14.3 Å². The molecule has 0 spiro atoms. The summed E-state index contributed by atoms with van der Waals surface area (Å²) in [5.74, 6) is -0.0701. The van der Waals surface area contributed by atoms with Crippen LogP contribution in [0.2, 0.25) is 0 Å². The zero-order valence-electron chi connectivity index (χ0n) is 11.1. The summed E-state index contributed by atoms with van der Waals surface area (Å²) < 4.78 is 10.3. The van der Waals surface area contributed by atoms with Crippen LogP contribution in [0.15, 0.2) is 18.2 Å². The van der Waals surface area contributed by atoms with E-state index in [1.807, 2.05) is 18.2 Å². The fourth-order valence-electron chi connectivity index (χ4n) is 2.08. The molecule has 1 aliphatic rings. The standard InChI is InChI=1S/C14H20N2O3/c1-18-9-13(15)4-5-16-14(17)10-2-3-11-7-19-8-12(11)6-10/h2-3,6,13H,4-5,7-9,15H2,1H3,(H,16,17). The van der Waals surface area contributed by atoms with E-state index in [1.165, 1.54) is 5.56 Å². The van der Waals surface area contributed by atoms with Crippen molar-refractivity contribution in [2.24, 2.45) is 5.73 Å². The number of hydrogen-bond acceptors (Lipinski definition) is 4. The van der Waals surface area contributed by atoms with Gasteiger partial charge in [0, 0.05) is 25.3 Å². The maximum Gasteiger partial charge on any atom is 0.251 e. The van der Waals surface area contributed by atoms with Crippen molar-refractivity contribution in [3.63, 3.8) is 0 Å². The van der Waals surface area contributed by atoms with Gasteiger partial charge in [-0.2, -0.15) is 0 Å². The van der Waals surface area contributed by atoms with Crippen LogP contribution in [0, 0.1) is 0 Å². The molecule has 1 atom stereocenters. The van der Waals surface area contributed by atoms with E-state index in [9.17, 15) is 4.79 Å². The summed E-state index contributed by atoms with van der Waals surface area (Å²) in [5.41, 5.74) is 8.73. The van der Waals surface area contributed by atoms with Crippen molar-refractivity contribution in [2.45, 2.75) is 25.7 Å². The number of hydrogen-bond donors (Lipinski definition) is 2. The second kappa shape index (κ2) is 6.65. The first-order valence-electron chi connectivity index (χ1n) is 6.43. The molecular weight excluding hydrogens is 244 g/mol. The summed E-state index contributed by atoms with van der Waals surface area (Å²) >= 11 is 0. The minimum Gasteiger partial charge on any atom is -0.383 e. The van der Waals surface area contributed by atoms with Crippen LogP contribution < -0.4 is 11.1 Å². The Morgan fingerprint density at radius 1 is 1.47 bits per heavy atom. The Bertz CT molecular complexity index is 448. The molecule has 1 heterocycles. The van der Waals surface area contributed by atoms with Crippen LogP contribution in [-0.4, -0.2) is 32.2 Å². The average Bonchev–Trinajstić information content (AvgIpc) is 2.86. The summed E-state index contributed by atoms with van der Waals surface area (Å²) in [6.45, 7) is 2.29. The van der Waals surface area contributed by atoms with Gasteiger partial charge in [-0.1, -0.05) is 6.07 Å². The van der Waals surface area contributed by atoms with Gasteiger partial charge in [0.05, 0.1) is 19.8 Å². The molecule has 0 bridgehead atoms. The molecular formula is C14H20N2O3. The third-order valence-electron chi connectivity index (χ3n) is 3.17. The van der Waals surface area contributed by atoms with Crippen LogP contribution in [0.3, 0.4) is 0 Å². The minimum atomic E-state index is -0.0701. The largest absolute Gasteiger partial charge is 0.383 e. The molecule has 1 aromatic rings. The number of carbonyl (C=O) groups is 1. The summed E-state index contributed by atoms with van der Waals surface area (Å²) in [5, 5.41) is 2.86. The number of nitrogens with one attached hydrogen (secondary N) is 1. The molecule has 3 N–H and O–H groups in total. The maximum absolute atomic E-state index is 12.0. The van der Waals surface area contributed by atoms with E-state index < -0.39 is 0 Å². The molecule has 104 valence electrons. The van der Waals surface area contributed by atoms with Gasteiger partial charge in [-0.25, -0.2) is 0 Å². The van der Waals surface area contributed by atoms with Gasteiger partial charge in [-0.3, -0.25) is 4.79 Å². The first-order chi connectivity index (χ1) is 9.20. The van der Waals surface area contributed by atoms with E-state index in [-0.39, 0.29) is 11.9 Å². The molecule has 0 aliphatic carbocycles. The van der Waals surface area contributed by atoms with Gasteiger partial charge in [0.25, 0.3) is 5.91 Å². The molecule has 0 fully saturated rings. The van der Waals surface area contributed by atoms with Crippen LogP contribution in [-0.2, 0) is 22.7 Å². The molecule has 1 aliphatic heterocycles. The van der Waals surface area contributed by atoms with Crippen LogP contribution in [0.1, 0.15) is 27.9 Å². The lowest BCUT2D eigenvalue weighted by Crippen LogP contribution is -2.32. The lowest BCUT2D eigenvalue weighted by Gasteiger charge is -2.11. The van der Waals surface area contributed by atoms with Crippen molar-refractivity contribution in [3.8, 4) is 0 Å². The molecule has 0 saturated heterocycles. The molecule has 5 nitrogen and oxygen atoms in total. The number of rotatable bonds is 6. The lowest BCUT2D eigenvalue weighted by atomic mass is 10.1. The number of carbonyl (C=O) groups excluding carboxylic acids is 1. The monoisotopic (exact) mass is 264 g/mol. The summed E-state index contributed by atoms with van der Waals surface area (Å²) in [6.07, 6.45) is 0.702. The topological polar surface area (TPSA) is 73.6 Å². The van der Waals surface area contributed by atoms with Crippen LogP contribution >= 0.6 is 0 Å². The van der Waals surface area contributed by atoms with Gasteiger partial charge in [0.15, 0.2) is 0 Å². The summed E-state index contributed by atoms with van der Waals surface area (Å²) in [4.78, 5) is 12.0. The number of methoxy groups -OCH3 is 1. The van der Waals surface area contributed by atoms with Crippen molar-refractivity contribution in [2.75, 3.05) is 20.3 Å². The molecule has 19 heavy (non-hydrogen) atoms. The Kier molecular flexibility index (Phi) is 4.90. The molecule has 0 aromatic heterocycles. The molecule has 1 amide bonds. The van der Waals surface area contributed by atoms with Crippen molar-refractivity contribution in [1.82, 2.24) is 5.32 Å². The van der Waals surface area contributed by atoms with E-state index in [0.717, 1.165) is 5.56 Å². The highest BCUT2D eigenvalue weighted by Crippen LogP contribution is 2.20. The quantitative estimate of drug-likeness (QED) is 0.797. The second-order valence-corrected chi connectivity index (χ2v) is 4.74. The fourth-order valence-corrected chi connectivity index (χ4v) is 2.08. The van der Waals surface area contributed by atoms with Gasteiger partial charge in [-0.15, -0.1) is 0 Å². The molecule has 1 aromatic carbocycles. The number of benzene rings is 1. The summed E-state index contributed by atoms with van der Waals surface area (Å²) in [6, 6.07) is 5.64. The predicted octanol–water partition coefficient (Wildman–Crippen LogP) is 0.810. The van der Waals surface area contributed by atoms with E-state index in [2.05, 4.69) is 5.32 Å². The van der Waals surface area contributed by atoms with Gasteiger partial charge in [-0.05, 0) is 29.7 Å². The first kappa shape index (κ1) is 14.0. The summed E-state index contributed by atoms with van der Waals surface area (Å²) in [7, 11) is 1.62. The zero-order valence-corrected chi connectivity index (χ0v) is 11.1. The normalized spacial score (nSPS) is 15.1. The fraction of sp³-hybridized carbons (Fsp3) is 0.500. The number of fused-ring (bicyclic) bond motifs is 1. The van der Waals surface area contributed by atoms with E-state index in [0.29, 0.717) is 38.3 Å². The Balaban J connectivity index is 1.83. The highest BCUT2D eigenvalue weighted by atomic mass is 16.5. The van der Waals surface area contributed by atoms with Crippen LogP contribution in [0.4, 0.5) is 0 Å². The SMILES string of the molecule is COCC(N)CCNC(=O)c1ccc2c(c1)COC2. The van der Waals surface area contributed by atoms with Crippen molar-refractivity contribution in [3.05, 3.63) is 34.9 Å². The van der Waals surface area contributed by atoms with Crippen LogP contribution in [0.25, 0.3) is 0 Å².